The summed E-state index contributed by atoms with van der Waals surface area (Å²) in [5.74, 6) is 2.41. The fraction of sp³-hybridized carbons (Fsp3) is 0.211. The number of hydrogen-bond donors (Lipinski definition) is 2. The third kappa shape index (κ3) is 5.68. The summed E-state index contributed by atoms with van der Waals surface area (Å²) in [5.41, 5.74) is 2.17. The van der Waals surface area contributed by atoms with Crippen molar-refractivity contribution in [3.05, 3.63) is 72.4 Å². The standard InChI is InChI=1S/C19H22N6O.HI/c1-20-19(24-13-16-5-3-4-6-17(16)26-2)23-12-15-7-8-22-18(11-15)25-10-9-21-14-25;/h3-11,14H,12-13H2,1-2H3,(H2,20,23,24);1H. The van der Waals surface area contributed by atoms with Gasteiger partial charge in [-0.1, -0.05) is 18.2 Å². The van der Waals surface area contributed by atoms with Crippen LogP contribution >= 0.6 is 24.0 Å². The quantitative estimate of drug-likeness (QED) is 0.324. The molecule has 2 N–H and O–H groups in total. The Bertz CT molecular complexity index is 866. The first-order valence-electron chi connectivity index (χ1n) is 8.30. The summed E-state index contributed by atoms with van der Waals surface area (Å²) in [7, 11) is 3.42. The number of nitrogens with zero attached hydrogens (tertiary/aromatic N) is 4. The number of hydrogen-bond acceptors (Lipinski definition) is 4. The van der Waals surface area contributed by atoms with Gasteiger partial charge in [0.1, 0.15) is 17.9 Å². The van der Waals surface area contributed by atoms with Crippen LogP contribution in [0.3, 0.4) is 0 Å². The summed E-state index contributed by atoms with van der Waals surface area (Å²) in [6, 6.07) is 11.9. The third-order valence-electron chi connectivity index (χ3n) is 3.90. The van der Waals surface area contributed by atoms with Crippen molar-refractivity contribution in [1.29, 1.82) is 0 Å². The van der Waals surface area contributed by atoms with Crippen molar-refractivity contribution in [3.8, 4) is 11.6 Å². The van der Waals surface area contributed by atoms with Crippen molar-refractivity contribution in [2.45, 2.75) is 13.1 Å². The highest BCUT2D eigenvalue weighted by atomic mass is 127. The van der Waals surface area contributed by atoms with E-state index in [2.05, 4.69) is 25.6 Å². The normalized spacial score (nSPS) is 10.8. The Labute approximate surface area is 175 Å². The van der Waals surface area contributed by atoms with Gasteiger partial charge in [0.05, 0.1) is 7.11 Å². The molecule has 0 aliphatic heterocycles. The lowest BCUT2D eigenvalue weighted by molar-refractivity contribution is 0.409. The van der Waals surface area contributed by atoms with E-state index in [1.165, 1.54) is 0 Å². The smallest absolute Gasteiger partial charge is 0.191 e. The van der Waals surface area contributed by atoms with Gasteiger partial charge in [-0.25, -0.2) is 9.97 Å². The SMILES string of the molecule is CN=C(NCc1ccnc(-n2ccnc2)c1)NCc1ccccc1OC.I. The Morgan fingerprint density at radius 2 is 1.96 bits per heavy atom. The Morgan fingerprint density at radius 3 is 2.70 bits per heavy atom. The van der Waals surface area contributed by atoms with E-state index in [4.69, 9.17) is 4.74 Å². The molecule has 3 aromatic rings. The summed E-state index contributed by atoms with van der Waals surface area (Å²) in [4.78, 5) is 12.7. The minimum atomic E-state index is 0. The monoisotopic (exact) mass is 478 g/mol. The number of rotatable bonds is 6. The molecule has 8 heteroatoms. The van der Waals surface area contributed by atoms with Crippen molar-refractivity contribution < 1.29 is 4.74 Å². The van der Waals surface area contributed by atoms with Crippen LogP contribution in [0.25, 0.3) is 5.82 Å². The minimum absolute atomic E-state index is 0. The lowest BCUT2D eigenvalue weighted by atomic mass is 10.2. The number of aliphatic imine (C=N–C) groups is 1. The summed E-state index contributed by atoms with van der Waals surface area (Å²) in [6.45, 7) is 1.26. The molecule has 0 aliphatic rings. The lowest BCUT2D eigenvalue weighted by Gasteiger charge is -2.14. The fourth-order valence-corrected chi connectivity index (χ4v) is 2.54. The highest BCUT2D eigenvalue weighted by molar-refractivity contribution is 14.0. The van der Waals surface area contributed by atoms with Gasteiger partial charge >= 0.3 is 0 Å². The molecule has 0 amide bonds. The van der Waals surface area contributed by atoms with Crippen LogP contribution in [-0.4, -0.2) is 34.7 Å². The summed E-state index contributed by atoms with van der Waals surface area (Å²) in [6.07, 6.45) is 7.12. The van der Waals surface area contributed by atoms with Gasteiger partial charge in [0.15, 0.2) is 5.96 Å². The third-order valence-corrected chi connectivity index (χ3v) is 3.90. The van der Waals surface area contributed by atoms with Crippen LogP contribution in [0.1, 0.15) is 11.1 Å². The van der Waals surface area contributed by atoms with E-state index < -0.39 is 0 Å². The summed E-state index contributed by atoms with van der Waals surface area (Å²) < 4.78 is 7.25. The van der Waals surface area contributed by atoms with Crippen LogP contribution in [0.4, 0.5) is 0 Å². The highest BCUT2D eigenvalue weighted by Crippen LogP contribution is 2.16. The Kier molecular flexibility index (Phi) is 8.05. The molecule has 3 rings (SSSR count). The molecular formula is C19H23IN6O. The second kappa shape index (κ2) is 10.5. The topological polar surface area (TPSA) is 76.4 Å². The van der Waals surface area contributed by atoms with Crippen LogP contribution in [0.5, 0.6) is 5.75 Å². The first kappa shape index (κ1) is 20.7. The van der Waals surface area contributed by atoms with Crippen molar-refractivity contribution >= 4 is 29.9 Å². The number of para-hydroxylation sites is 1. The second-order valence-corrected chi connectivity index (χ2v) is 5.58. The van der Waals surface area contributed by atoms with E-state index in [1.54, 1.807) is 32.9 Å². The average molecular weight is 478 g/mol. The van der Waals surface area contributed by atoms with E-state index in [9.17, 15) is 0 Å². The van der Waals surface area contributed by atoms with Crippen molar-refractivity contribution in [3.63, 3.8) is 0 Å². The van der Waals surface area contributed by atoms with E-state index >= 15 is 0 Å². The number of aromatic nitrogens is 3. The molecule has 0 radical (unpaired) electrons. The molecular weight excluding hydrogens is 455 g/mol. The van der Waals surface area contributed by atoms with E-state index in [0.717, 1.165) is 28.7 Å². The lowest BCUT2D eigenvalue weighted by Crippen LogP contribution is -2.36. The molecule has 0 bridgehead atoms. The number of halogens is 1. The van der Waals surface area contributed by atoms with E-state index in [0.29, 0.717) is 13.1 Å². The van der Waals surface area contributed by atoms with Crippen LogP contribution in [-0.2, 0) is 13.1 Å². The van der Waals surface area contributed by atoms with Gasteiger partial charge in [0.25, 0.3) is 0 Å². The number of nitrogens with one attached hydrogen (secondary N) is 2. The summed E-state index contributed by atoms with van der Waals surface area (Å²) in [5, 5.41) is 6.61. The first-order valence-corrected chi connectivity index (χ1v) is 8.30. The Hall–Kier alpha value is -2.62. The number of imidazole rings is 1. The van der Waals surface area contributed by atoms with Crippen LogP contribution in [0.15, 0.2) is 66.3 Å². The number of benzene rings is 1. The molecule has 1 aromatic carbocycles. The van der Waals surface area contributed by atoms with Crippen molar-refractivity contribution in [2.24, 2.45) is 4.99 Å². The van der Waals surface area contributed by atoms with Crippen molar-refractivity contribution in [1.82, 2.24) is 25.2 Å². The second-order valence-electron chi connectivity index (χ2n) is 5.58. The molecule has 7 nitrogen and oxygen atoms in total. The summed E-state index contributed by atoms with van der Waals surface area (Å²) >= 11 is 0. The zero-order valence-corrected chi connectivity index (χ0v) is 17.6. The molecule has 2 aromatic heterocycles. The maximum atomic E-state index is 5.37. The van der Waals surface area contributed by atoms with Crippen LogP contribution in [0, 0.1) is 0 Å². The first-order chi connectivity index (χ1) is 12.8. The van der Waals surface area contributed by atoms with Gasteiger partial charge in [-0.3, -0.25) is 9.56 Å². The molecule has 0 atom stereocenters. The number of ether oxygens (including phenoxy) is 1. The van der Waals surface area contributed by atoms with Gasteiger partial charge in [-0.05, 0) is 23.8 Å². The molecule has 0 fully saturated rings. The van der Waals surface area contributed by atoms with Gasteiger partial charge in [0.2, 0.25) is 0 Å². The maximum absolute atomic E-state index is 5.37. The number of methoxy groups -OCH3 is 1. The molecule has 0 saturated carbocycles. The maximum Gasteiger partial charge on any atom is 0.191 e. The predicted octanol–water partition coefficient (Wildman–Crippen LogP) is 2.76. The zero-order valence-electron chi connectivity index (χ0n) is 15.3. The van der Waals surface area contributed by atoms with Gasteiger partial charge in [0, 0.05) is 44.3 Å². The zero-order chi connectivity index (χ0) is 18.2. The van der Waals surface area contributed by atoms with E-state index in [1.807, 2.05) is 47.2 Å². The number of pyridine rings is 1. The van der Waals surface area contributed by atoms with E-state index in [-0.39, 0.29) is 24.0 Å². The largest absolute Gasteiger partial charge is 0.496 e. The molecule has 0 unspecified atom stereocenters. The average Bonchev–Trinajstić information content (AvgIpc) is 3.23. The van der Waals surface area contributed by atoms with Crippen molar-refractivity contribution in [2.75, 3.05) is 14.2 Å². The van der Waals surface area contributed by atoms with Gasteiger partial charge < -0.3 is 15.4 Å². The molecule has 27 heavy (non-hydrogen) atoms. The van der Waals surface area contributed by atoms with Gasteiger partial charge in [-0.15, -0.1) is 24.0 Å². The molecule has 0 aliphatic carbocycles. The predicted molar refractivity (Wildman–Crippen MR) is 117 cm³/mol. The fourth-order valence-electron chi connectivity index (χ4n) is 2.54. The Balaban J connectivity index is 0.00000261. The van der Waals surface area contributed by atoms with Crippen LogP contribution < -0.4 is 15.4 Å². The highest BCUT2D eigenvalue weighted by Gasteiger charge is 2.04. The Morgan fingerprint density at radius 1 is 1.15 bits per heavy atom. The molecule has 0 saturated heterocycles. The van der Waals surface area contributed by atoms with Crippen LogP contribution in [0.2, 0.25) is 0 Å². The number of guanidine groups is 1. The van der Waals surface area contributed by atoms with Gasteiger partial charge in [-0.2, -0.15) is 0 Å². The minimum Gasteiger partial charge on any atom is -0.496 e. The molecule has 0 spiro atoms. The molecule has 142 valence electrons. The molecule has 2 heterocycles.